The van der Waals surface area contributed by atoms with E-state index in [4.69, 9.17) is 0 Å². The van der Waals surface area contributed by atoms with Gasteiger partial charge >= 0.3 is 0 Å². The summed E-state index contributed by atoms with van der Waals surface area (Å²) in [5, 5.41) is 12.8. The van der Waals surface area contributed by atoms with E-state index in [-0.39, 0.29) is 36.9 Å². The quantitative estimate of drug-likeness (QED) is 0.737. The van der Waals surface area contributed by atoms with Gasteiger partial charge in [-0.15, -0.1) is 0 Å². The summed E-state index contributed by atoms with van der Waals surface area (Å²) in [6, 6.07) is 4.52. The first-order valence-electron chi connectivity index (χ1n) is 7.54. The minimum absolute atomic E-state index is 0.0108. The van der Waals surface area contributed by atoms with Gasteiger partial charge in [0.1, 0.15) is 5.82 Å². The molecular weight excluding hydrogens is 339 g/mol. The van der Waals surface area contributed by atoms with Crippen molar-refractivity contribution in [3.8, 4) is 0 Å². The van der Waals surface area contributed by atoms with Crippen LogP contribution in [-0.4, -0.2) is 44.2 Å². The number of nitrogens with zero attached hydrogens (tertiary/aromatic N) is 1. The van der Waals surface area contributed by atoms with Crippen LogP contribution < -0.4 is 10.4 Å². The van der Waals surface area contributed by atoms with Crippen molar-refractivity contribution < 1.29 is 27.5 Å². The second-order valence-corrected chi connectivity index (χ2v) is 7.51. The highest BCUT2D eigenvalue weighted by atomic mass is 32.2. The Bertz CT molecular complexity index is 705. The highest BCUT2D eigenvalue weighted by molar-refractivity contribution is 7.89. The number of carbonyl (C=O) groups excluding carboxylic acids is 2. The van der Waals surface area contributed by atoms with Gasteiger partial charge in [-0.05, 0) is 37.1 Å². The lowest BCUT2D eigenvalue weighted by Gasteiger charge is -2.31. The first kappa shape index (κ1) is 18.3. The van der Waals surface area contributed by atoms with Gasteiger partial charge < -0.3 is 15.2 Å². The van der Waals surface area contributed by atoms with Gasteiger partial charge in [-0.3, -0.25) is 4.79 Å². The molecule has 1 aromatic carbocycles. The molecule has 1 aromatic rings. The Labute approximate surface area is 139 Å². The fraction of sp³-hybridized carbons (Fsp3) is 0.467. The third-order valence-corrected chi connectivity index (χ3v) is 5.71. The predicted molar refractivity (Wildman–Crippen MR) is 80.5 cm³/mol. The first-order chi connectivity index (χ1) is 11.3. The Kier molecular flexibility index (Phi) is 5.89. The molecule has 1 fully saturated rings. The number of carboxylic acid groups (broad SMARTS) is 1. The Hall–Kier alpha value is -2.00. The lowest BCUT2D eigenvalue weighted by molar-refractivity contribution is -0.305. The van der Waals surface area contributed by atoms with Crippen LogP contribution in [0.3, 0.4) is 0 Å². The Balaban J connectivity index is 2.02. The standard InChI is InChI=1S/C15H19FN2O5S/c16-12-3-5-13(6-4-12)24(22,23)18-9-1-2-11(10-18)15(21)17-8-7-14(19)20/h3-6,11H,1-2,7-10H2,(H,17,21)(H,19,20)/p-1/t11-/m1/s1. The molecule has 1 saturated heterocycles. The number of carbonyl (C=O) groups is 2. The highest BCUT2D eigenvalue weighted by Gasteiger charge is 2.33. The molecular formula is C15H18FN2O5S-. The largest absolute Gasteiger partial charge is 0.550 e. The third kappa shape index (κ3) is 4.51. The second kappa shape index (κ2) is 7.71. The third-order valence-electron chi connectivity index (χ3n) is 3.83. The molecule has 1 atom stereocenters. The minimum Gasteiger partial charge on any atom is -0.550 e. The summed E-state index contributed by atoms with van der Waals surface area (Å²) in [4.78, 5) is 22.4. The van der Waals surface area contributed by atoms with Crippen LogP contribution in [0.2, 0.25) is 0 Å². The van der Waals surface area contributed by atoms with E-state index >= 15 is 0 Å². The molecule has 0 spiro atoms. The first-order valence-corrected chi connectivity index (χ1v) is 8.98. The average Bonchev–Trinajstić information content (AvgIpc) is 2.55. The van der Waals surface area contributed by atoms with Crippen LogP contribution in [0.5, 0.6) is 0 Å². The topological polar surface area (TPSA) is 107 Å². The maximum absolute atomic E-state index is 13.0. The minimum atomic E-state index is -3.80. The lowest BCUT2D eigenvalue weighted by atomic mass is 9.99. The number of hydrogen-bond donors (Lipinski definition) is 1. The van der Waals surface area contributed by atoms with Crippen LogP contribution in [-0.2, 0) is 19.6 Å². The Morgan fingerprint density at radius 2 is 1.96 bits per heavy atom. The number of benzene rings is 1. The molecule has 9 heteroatoms. The van der Waals surface area contributed by atoms with Crippen molar-refractivity contribution >= 4 is 21.9 Å². The maximum Gasteiger partial charge on any atom is 0.243 e. The van der Waals surface area contributed by atoms with Crippen molar-refractivity contribution in [2.45, 2.75) is 24.2 Å². The van der Waals surface area contributed by atoms with Crippen LogP contribution in [0.4, 0.5) is 4.39 Å². The molecule has 0 aromatic heterocycles. The van der Waals surface area contributed by atoms with Crippen LogP contribution in [0.1, 0.15) is 19.3 Å². The van der Waals surface area contributed by atoms with Gasteiger partial charge in [0, 0.05) is 32.0 Å². The van der Waals surface area contributed by atoms with Crippen LogP contribution in [0.15, 0.2) is 29.2 Å². The normalized spacial score (nSPS) is 19.0. The van der Waals surface area contributed by atoms with E-state index in [1.807, 2.05) is 0 Å². The fourth-order valence-electron chi connectivity index (χ4n) is 2.56. The zero-order chi connectivity index (χ0) is 17.7. The van der Waals surface area contributed by atoms with Gasteiger partial charge in [-0.1, -0.05) is 0 Å². The van der Waals surface area contributed by atoms with Gasteiger partial charge in [-0.2, -0.15) is 4.31 Å². The lowest BCUT2D eigenvalue weighted by Crippen LogP contribution is -2.45. The molecule has 2 rings (SSSR count). The molecule has 7 nitrogen and oxygen atoms in total. The second-order valence-electron chi connectivity index (χ2n) is 5.57. The van der Waals surface area contributed by atoms with Crippen molar-refractivity contribution in [3.63, 3.8) is 0 Å². The van der Waals surface area contributed by atoms with Crippen molar-refractivity contribution in [1.29, 1.82) is 0 Å². The summed E-state index contributed by atoms with van der Waals surface area (Å²) < 4.78 is 39.3. The summed E-state index contributed by atoms with van der Waals surface area (Å²) in [7, 11) is -3.80. The summed E-state index contributed by atoms with van der Waals surface area (Å²) >= 11 is 0. The van der Waals surface area contributed by atoms with Crippen LogP contribution in [0, 0.1) is 11.7 Å². The molecule has 0 radical (unpaired) electrons. The summed E-state index contributed by atoms with van der Waals surface area (Å²) in [6.45, 7) is 0.238. The number of amides is 1. The zero-order valence-corrected chi connectivity index (χ0v) is 13.7. The molecule has 0 unspecified atom stereocenters. The number of hydrogen-bond acceptors (Lipinski definition) is 5. The number of carboxylic acids is 1. The number of halogens is 1. The highest BCUT2D eigenvalue weighted by Crippen LogP contribution is 2.24. The van der Waals surface area contributed by atoms with Crippen molar-refractivity contribution in [1.82, 2.24) is 9.62 Å². The molecule has 1 heterocycles. The zero-order valence-electron chi connectivity index (χ0n) is 12.9. The molecule has 1 N–H and O–H groups in total. The maximum atomic E-state index is 13.0. The summed E-state index contributed by atoms with van der Waals surface area (Å²) in [6.07, 6.45) is 0.738. The van der Waals surface area contributed by atoms with Crippen molar-refractivity contribution in [2.75, 3.05) is 19.6 Å². The molecule has 0 saturated carbocycles. The van der Waals surface area contributed by atoms with Gasteiger partial charge in [-0.25, -0.2) is 12.8 Å². The SMILES string of the molecule is O=C([O-])CCNC(=O)[C@@H]1CCCN(S(=O)(=O)c2ccc(F)cc2)C1. The number of sulfonamides is 1. The van der Waals surface area contributed by atoms with Crippen molar-refractivity contribution in [2.24, 2.45) is 5.92 Å². The molecule has 1 amide bonds. The molecule has 1 aliphatic heterocycles. The van der Waals surface area contributed by atoms with E-state index in [0.717, 1.165) is 12.1 Å². The van der Waals surface area contributed by atoms with Gasteiger partial charge in [0.15, 0.2) is 0 Å². The number of nitrogens with one attached hydrogen (secondary N) is 1. The van der Waals surface area contributed by atoms with E-state index in [2.05, 4.69) is 5.32 Å². The van der Waals surface area contributed by atoms with Gasteiger partial charge in [0.25, 0.3) is 0 Å². The number of piperidine rings is 1. The fourth-order valence-corrected chi connectivity index (χ4v) is 4.09. The van der Waals surface area contributed by atoms with E-state index in [1.165, 1.54) is 16.4 Å². The van der Waals surface area contributed by atoms with E-state index < -0.39 is 27.7 Å². The van der Waals surface area contributed by atoms with Crippen LogP contribution >= 0.6 is 0 Å². The summed E-state index contributed by atoms with van der Waals surface area (Å²) in [5.41, 5.74) is 0. The average molecular weight is 357 g/mol. The predicted octanol–water partition coefficient (Wildman–Crippen LogP) is -0.517. The van der Waals surface area contributed by atoms with Gasteiger partial charge in [0.05, 0.1) is 10.8 Å². The van der Waals surface area contributed by atoms with Gasteiger partial charge in [0.2, 0.25) is 15.9 Å². The van der Waals surface area contributed by atoms with E-state index in [1.54, 1.807) is 0 Å². The van der Waals surface area contributed by atoms with Crippen LogP contribution in [0.25, 0.3) is 0 Å². The smallest absolute Gasteiger partial charge is 0.243 e. The molecule has 24 heavy (non-hydrogen) atoms. The van der Waals surface area contributed by atoms with E-state index in [9.17, 15) is 27.5 Å². The monoisotopic (exact) mass is 357 g/mol. The summed E-state index contributed by atoms with van der Waals surface area (Å²) in [5.74, 6) is -2.72. The van der Waals surface area contributed by atoms with Crippen molar-refractivity contribution in [3.05, 3.63) is 30.1 Å². The Morgan fingerprint density at radius 1 is 1.29 bits per heavy atom. The molecule has 0 aliphatic carbocycles. The Morgan fingerprint density at radius 3 is 2.58 bits per heavy atom. The molecule has 0 bridgehead atoms. The number of aliphatic carboxylic acids is 1. The molecule has 1 aliphatic rings. The molecule has 132 valence electrons. The number of rotatable bonds is 6. The van der Waals surface area contributed by atoms with E-state index in [0.29, 0.717) is 12.8 Å².